The molecule has 0 aliphatic carbocycles. The minimum Gasteiger partial charge on any atom is -0.396 e. The lowest BCUT2D eigenvalue weighted by atomic mass is 10.2. The molecule has 0 aromatic heterocycles. The summed E-state index contributed by atoms with van der Waals surface area (Å²) in [6, 6.07) is 0. The Hall–Kier alpha value is -0.0800. The van der Waals surface area contributed by atoms with Gasteiger partial charge in [0.1, 0.15) is 0 Å². The zero-order valence-corrected chi connectivity index (χ0v) is 6.19. The second-order valence-corrected chi connectivity index (χ2v) is 2.24. The van der Waals surface area contributed by atoms with E-state index < -0.39 is 0 Å². The van der Waals surface area contributed by atoms with Gasteiger partial charge in [0.25, 0.3) is 0 Å². The number of unbranched alkanes of at least 4 members (excludes halogenated alkanes) is 3. The van der Waals surface area contributed by atoms with Crippen LogP contribution in [0.25, 0.3) is 0 Å². The van der Waals surface area contributed by atoms with Crippen molar-refractivity contribution >= 4 is 0 Å². The average molecular weight is 131 g/mol. The first kappa shape index (κ1) is 8.92. The van der Waals surface area contributed by atoms with Gasteiger partial charge in [-0.25, -0.2) is 0 Å². The number of hydrogen-bond donors (Lipinski definition) is 2. The van der Waals surface area contributed by atoms with Crippen LogP contribution in [0.2, 0.25) is 0 Å². The molecule has 0 saturated heterocycles. The molecule has 56 valence electrons. The van der Waals surface area contributed by atoms with Crippen molar-refractivity contribution in [1.29, 1.82) is 0 Å². The summed E-state index contributed by atoms with van der Waals surface area (Å²) < 4.78 is 0. The Morgan fingerprint density at radius 3 is 2.33 bits per heavy atom. The van der Waals surface area contributed by atoms with Gasteiger partial charge in [0.05, 0.1) is 0 Å². The average Bonchev–Trinajstić information content (AvgIpc) is 1.89. The van der Waals surface area contributed by atoms with Gasteiger partial charge in [0, 0.05) is 6.61 Å². The van der Waals surface area contributed by atoms with E-state index in [1.165, 1.54) is 12.8 Å². The van der Waals surface area contributed by atoms with E-state index in [0.717, 1.165) is 19.4 Å². The highest BCUT2D eigenvalue weighted by atomic mass is 16.2. The van der Waals surface area contributed by atoms with Crippen molar-refractivity contribution in [2.24, 2.45) is 0 Å². The fourth-order valence-electron chi connectivity index (χ4n) is 0.767. The molecule has 0 atom stereocenters. The molecule has 0 spiro atoms. The smallest absolute Gasteiger partial charge is 0.0431 e. The molecule has 0 unspecified atom stereocenters. The van der Waals surface area contributed by atoms with Gasteiger partial charge < -0.3 is 10.4 Å². The van der Waals surface area contributed by atoms with E-state index in [2.05, 4.69) is 5.32 Å². The maximum Gasteiger partial charge on any atom is 0.0431 e. The summed E-state index contributed by atoms with van der Waals surface area (Å²) in [6.07, 6.45) is 4.60. The van der Waals surface area contributed by atoms with Crippen LogP contribution in [0.3, 0.4) is 0 Å². The second kappa shape index (κ2) is 7.92. The Labute approximate surface area is 57.3 Å². The summed E-state index contributed by atoms with van der Waals surface area (Å²) in [5.74, 6) is 0. The molecule has 0 amide bonds. The van der Waals surface area contributed by atoms with Crippen LogP contribution in [-0.2, 0) is 0 Å². The summed E-state index contributed by atoms with van der Waals surface area (Å²) >= 11 is 0. The predicted octanol–water partition coefficient (Wildman–Crippen LogP) is 0.758. The van der Waals surface area contributed by atoms with Crippen molar-refractivity contribution in [3.05, 3.63) is 0 Å². The van der Waals surface area contributed by atoms with Gasteiger partial charge in [-0.05, 0) is 26.4 Å². The number of nitrogens with one attached hydrogen (secondary N) is 1. The Kier molecular flexibility index (Phi) is 7.85. The summed E-state index contributed by atoms with van der Waals surface area (Å²) in [5, 5.41) is 11.5. The Morgan fingerprint density at radius 2 is 1.78 bits per heavy atom. The van der Waals surface area contributed by atoms with Gasteiger partial charge in [-0.3, -0.25) is 0 Å². The van der Waals surface area contributed by atoms with E-state index in [0.29, 0.717) is 6.61 Å². The fraction of sp³-hybridized carbons (Fsp3) is 1.00. The Bertz CT molecular complexity index is 42.2. The molecule has 2 N–H and O–H groups in total. The number of rotatable bonds is 6. The topological polar surface area (TPSA) is 32.3 Å². The van der Waals surface area contributed by atoms with Crippen molar-refractivity contribution in [2.75, 3.05) is 20.2 Å². The molecule has 0 rings (SSSR count). The molecular weight excluding hydrogens is 114 g/mol. The van der Waals surface area contributed by atoms with Gasteiger partial charge in [-0.1, -0.05) is 12.8 Å². The van der Waals surface area contributed by atoms with E-state index in [9.17, 15) is 0 Å². The lowest BCUT2D eigenvalue weighted by Crippen LogP contribution is -2.06. The molecule has 0 aliphatic rings. The number of aliphatic hydroxyl groups excluding tert-OH is 1. The third-order valence-electron chi connectivity index (χ3n) is 1.33. The summed E-state index contributed by atoms with van der Waals surface area (Å²) in [4.78, 5) is 0. The van der Waals surface area contributed by atoms with Crippen molar-refractivity contribution in [3.63, 3.8) is 0 Å². The van der Waals surface area contributed by atoms with Crippen molar-refractivity contribution in [3.8, 4) is 0 Å². The highest BCUT2D eigenvalue weighted by molar-refractivity contribution is 4.43. The van der Waals surface area contributed by atoms with Crippen molar-refractivity contribution < 1.29 is 5.11 Å². The summed E-state index contributed by atoms with van der Waals surface area (Å²) in [6.45, 7) is 1.45. The van der Waals surface area contributed by atoms with Crippen LogP contribution in [0.15, 0.2) is 0 Å². The SMILES string of the molecule is CNCCCCCCO. The molecule has 2 heteroatoms. The van der Waals surface area contributed by atoms with Gasteiger partial charge in [-0.15, -0.1) is 0 Å². The van der Waals surface area contributed by atoms with Crippen molar-refractivity contribution in [2.45, 2.75) is 25.7 Å². The largest absolute Gasteiger partial charge is 0.396 e. The van der Waals surface area contributed by atoms with Crippen LogP contribution in [0, 0.1) is 0 Å². The molecule has 0 radical (unpaired) electrons. The normalized spacial score (nSPS) is 10.0. The lowest BCUT2D eigenvalue weighted by molar-refractivity contribution is 0.282. The monoisotopic (exact) mass is 131 g/mol. The molecule has 0 aromatic carbocycles. The fourth-order valence-corrected chi connectivity index (χ4v) is 0.767. The maximum atomic E-state index is 8.41. The maximum absolute atomic E-state index is 8.41. The van der Waals surface area contributed by atoms with Crippen LogP contribution in [-0.4, -0.2) is 25.3 Å². The first-order valence-electron chi connectivity index (χ1n) is 3.67. The summed E-state index contributed by atoms with van der Waals surface area (Å²) in [5.41, 5.74) is 0. The van der Waals surface area contributed by atoms with Gasteiger partial charge in [0.2, 0.25) is 0 Å². The molecular formula is C7H17NO. The first-order valence-corrected chi connectivity index (χ1v) is 3.67. The van der Waals surface area contributed by atoms with Crippen LogP contribution in [0.1, 0.15) is 25.7 Å². The minimum absolute atomic E-state index is 0.347. The molecule has 0 heterocycles. The molecule has 0 saturated carbocycles. The highest BCUT2D eigenvalue weighted by Crippen LogP contribution is 1.96. The van der Waals surface area contributed by atoms with E-state index in [1.54, 1.807) is 0 Å². The van der Waals surface area contributed by atoms with E-state index in [-0.39, 0.29) is 0 Å². The Balaban J connectivity index is 2.60. The standard InChI is InChI=1S/C7H17NO/c1-8-6-4-2-3-5-7-9/h8-9H,2-7H2,1H3. The Morgan fingerprint density at radius 1 is 1.11 bits per heavy atom. The van der Waals surface area contributed by atoms with E-state index in [1.807, 2.05) is 7.05 Å². The van der Waals surface area contributed by atoms with Gasteiger partial charge in [0.15, 0.2) is 0 Å². The zero-order chi connectivity index (χ0) is 6.95. The number of hydrogen-bond acceptors (Lipinski definition) is 2. The number of aliphatic hydroxyl groups is 1. The van der Waals surface area contributed by atoms with Crippen LogP contribution in [0.4, 0.5) is 0 Å². The quantitative estimate of drug-likeness (QED) is 0.522. The molecule has 9 heavy (non-hydrogen) atoms. The highest BCUT2D eigenvalue weighted by Gasteiger charge is 1.85. The first-order chi connectivity index (χ1) is 4.41. The molecule has 0 bridgehead atoms. The minimum atomic E-state index is 0.347. The third kappa shape index (κ3) is 7.92. The van der Waals surface area contributed by atoms with Gasteiger partial charge in [-0.2, -0.15) is 0 Å². The van der Waals surface area contributed by atoms with Gasteiger partial charge >= 0.3 is 0 Å². The molecule has 2 nitrogen and oxygen atoms in total. The molecule has 0 fully saturated rings. The van der Waals surface area contributed by atoms with E-state index in [4.69, 9.17) is 5.11 Å². The second-order valence-electron chi connectivity index (χ2n) is 2.24. The van der Waals surface area contributed by atoms with Crippen LogP contribution < -0.4 is 5.32 Å². The lowest BCUT2D eigenvalue weighted by Gasteiger charge is -1.97. The van der Waals surface area contributed by atoms with E-state index >= 15 is 0 Å². The zero-order valence-electron chi connectivity index (χ0n) is 6.19. The van der Waals surface area contributed by atoms with Crippen LogP contribution >= 0.6 is 0 Å². The molecule has 0 aliphatic heterocycles. The molecule has 0 aromatic rings. The van der Waals surface area contributed by atoms with Crippen LogP contribution in [0.5, 0.6) is 0 Å². The van der Waals surface area contributed by atoms with Crippen molar-refractivity contribution in [1.82, 2.24) is 5.32 Å². The summed E-state index contributed by atoms with van der Waals surface area (Å²) in [7, 11) is 1.96. The third-order valence-corrected chi connectivity index (χ3v) is 1.33. The predicted molar refractivity (Wildman–Crippen MR) is 39.5 cm³/mol.